The number of nitrogens with one attached hydrogen (secondary N) is 2. The monoisotopic (exact) mass is 359 g/mol. The van der Waals surface area contributed by atoms with Crippen LogP contribution < -0.4 is 15.4 Å². The maximum Gasteiger partial charge on any atom is 0.257 e. The van der Waals surface area contributed by atoms with Crippen LogP contribution in [0.1, 0.15) is 42.5 Å². The quantitative estimate of drug-likeness (QED) is 0.809. The van der Waals surface area contributed by atoms with E-state index in [9.17, 15) is 4.79 Å². The van der Waals surface area contributed by atoms with Crippen molar-refractivity contribution in [2.45, 2.75) is 38.1 Å². The number of hydrogen-bond acceptors (Lipinski definition) is 4. The van der Waals surface area contributed by atoms with Gasteiger partial charge in [-0.1, -0.05) is 30.9 Å². The number of anilines is 2. The molecule has 6 heteroatoms. The van der Waals surface area contributed by atoms with Crippen molar-refractivity contribution in [3.8, 4) is 5.75 Å². The first kappa shape index (κ1) is 17.5. The second-order valence-corrected chi connectivity index (χ2v) is 6.68. The summed E-state index contributed by atoms with van der Waals surface area (Å²) in [6, 6.07) is 7.38. The average molecular weight is 360 g/mol. The van der Waals surface area contributed by atoms with Gasteiger partial charge in [0.25, 0.3) is 5.91 Å². The molecular weight excluding hydrogens is 338 g/mol. The molecule has 0 atom stereocenters. The van der Waals surface area contributed by atoms with Crippen molar-refractivity contribution in [1.82, 2.24) is 4.98 Å². The maximum atomic E-state index is 12.6. The van der Waals surface area contributed by atoms with Gasteiger partial charge in [-0.15, -0.1) is 0 Å². The van der Waals surface area contributed by atoms with Crippen molar-refractivity contribution in [2.75, 3.05) is 17.7 Å². The van der Waals surface area contributed by atoms with E-state index in [1.807, 2.05) is 6.07 Å². The minimum absolute atomic E-state index is 0.250. The first-order valence-corrected chi connectivity index (χ1v) is 8.90. The van der Waals surface area contributed by atoms with E-state index in [2.05, 4.69) is 15.6 Å². The number of methoxy groups -OCH3 is 1. The third-order valence-corrected chi connectivity index (χ3v) is 4.62. The highest BCUT2D eigenvalue weighted by molar-refractivity contribution is 6.31. The summed E-state index contributed by atoms with van der Waals surface area (Å²) in [7, 11) is 1.55. The topological polar surface area (TPSA) is 63.2 Å². The molecule has 2 aromatic rings. The van der Waals surface area contributed by atoms with Crippen molar-refractivity contribution in [3.05, 3.63) is 47.2 Å². The standard InChI is InChI=1S/C19H22ClN3O2/c1-25-18-8-7-14(20)10-17(18)23-19(24)13-9-16(12-21-11-13)22-15-5-3-2-4-6-15/h7-12,15,22H,2-6H2,1H3,(H,23,24). The Balaban J connectivity index is 1.72. The van der Waals surface area contributed by atoms with Crippen LogP contribution in [0.25, 0.3) is 0 Å². The normalized spacial score (nSPS) is 14.8. The van der Waals surface area contributed by atoms with E-state index in [-0.39, 0.29) is 5.91 Å². The van der Waals surface area contributed by atoms with Gasteiger partial charge in [-0.05, 0) is 37.1 Å². The predicted molar refractivity (Wildman–Crippen MR) is 101 cm³/mol. The van der Waals surface area contributed by atoms with E-state index in [0.717, 1.165) is 18.5 Å². The van der Waals surface area contributed by atoms with E-state index in [1.54, 1.807) is 37.7 Å². The third-order valence-electron chi connectivity index (χ3n) is 4.39. The molecule has 0 saturated heterocycles. The Morgan fingerprint density at radius 3 is 2.76 bits per heavy atom. The second-order valence-electron chi connectivity index (χ2n) is 6.24. The summed E-state index contributed by atoms with van der Waals surface area (Å²) >= 11 is 6.01. The number of amides is 1. The lowest BCUT2D eigenvalue weighted by Crippen LogP contribution is -2.22. The third kappa shape index (κ3) is 4.63. The number of aromatic nitrogens is 1. The van der Waals surface area contributed by atoms with E-state index >= 15 is 0 Å². The molecule has 5 nitrogen and oxygen atoms in total. The van der Waals surface area contributed by atoms with Crippen LogP contribution in [-0.2, 0) is 0 Å². The fourth-order valence-electron chi connectivity index (χ4n) is 3.10. The molecule has 1 aromatic carbocycles. The van der Waals surface area contributed by atoms with Crippen LogP contribution in [0, 0.1) is 0 Å². The molecule has 0 radical (unpaired) electrons. The second kappa shape index (κ2) is 8.21. The van der Waals surface area contributed by atoms with Crippen molar-refractivity contribution >= 4 is 28.9 Å². The van der Waals surface area contributed by atoms with Crippen molar-refractivity contribution in [3.63, 3.8) is 0 Å². The lowest BCUT2D eigenvalue weighted by Gasteiger charge is -2.23. The summed E-state index contributed by atoms with van der Waals surface area (Å²) in [6.07, 6.45) is 9.44. The highest BCUT2D eigenvalue weighted by Gasteiger charge is 2.15. The summed E-state index contributed by atoms with van der Waals surface area (Å²) in [4.78, 5) is 16.8. The highest BCUT2D eigenvalue weighted by Crippen LogP contribution is 2.28. The Kier molecular flexibility index (Phi) is 5.76. The van der Waals surface area contributed by atoms with E-state index in [0.29, 0.717) is 28.1 Å². The SMILES string of the molecule is COc1ccc(Cl)cc1NC(=O)c1cncc(NC2CCCCC2)c1. The van der Waals surface area contributed by atoms with Crippen LogP contribution in [0.2, 0.25) is 5.02 Å². The van der Waals surface area contributed by atoms with Crippen LogP contribution in [0.15, 0.2) is 36.7 Å². The molecular formula is C19H22ClN3O2. The van der Waals surface area contributed by atoms with Crippen LogP contribution in [0.3, 0.4) is 0 Å². The summed E-state index contributed by atoms with van der Waals surface area (Å²) in [5, 5.41) is 6.85. The molecule has 1 amide bonds. The fraction of sp³-hybridized carbons (Fsp3) is 0.368. The van der Waals surface area contributed by atoms with Crippen molar-refractivity contribution in [2.24, 2.45) is 0 Å². The van der Waals surface area contributed by atoms with Crippen LogP contribution >= 0.6 is 11.6 Å². The molecule has 0 spiro atoms. The Bertz CT molecular complexity index is 745. The number of halogens is 1. The van der Waals surface area contributed by atoms with Gasteiger partial charge >= 0.3 is 0 Å². The summed E-state index contributed by atoms with van der Waals surface area (Å²) in [5.74, 6) is 0.308. The Labute approximate surface area is 152 Å². The number of pyridine rings is 1. The van der Waals surface area contributed by atoms with E-state index in [1.165, 1.54) is 19.3 Å². The number of hydrogen-bond donors (Lipinski definition) is 2. The van der Waals surface area contributed by atoms with Crippen molar-refractivity contribution in [1.29, 1.82) is 0 Å². The van der Waals surface area contributed by atoms with Gasteiger partial charge in [0.2, 0.25) is 0 Å². The Morgan fingerprint density at radius 1 is 1.20 bits per heavy atom. The summed E-state index contributed by atoms with van der Waals surface area (Å²) < 4.78 is 5.26. The lowest BCUT2D eigenvalue weighted by atomic mass is 9.95. The van der Waals surface area contributed by atoms with E-state index in [4.69, 9.17) is 16.3 Å². The van der Waals surface area contributed by atoms with Crippen LogP contribution in [0.5, 0.6) is 5.75 Å². The number of ether oxygens (including phenoxy) is 1. The fourth-order valence-corrected chi connectivity index (χ4v) is 3.27. The predicted octanol–water partition coefficient (Wildman–Crippen LogP) is 4.74. The molecule has 1 aliphatic carbocycles. The smallest absolute Gasteiger partial charge is 0.257 e. The zero-order chi connectivity index (χ0) is 17.6. The minimum atomic E-state index is -0.250. The lowest BCUT2D eigenvalue weighted by molar-refractivity contribution is 0.102. The number of nitrogens with zero attached hydrogens (tertiary/aromatic N) is 1. The first-order valence-electron chi connectivity index (χ1n) is 8.52. The van der Waals surface area contributed by atoms with Gasteiger partial charge in [-0.2, -0.15) is 0 Å². The van der Waals surface area contributed by atoms with Crippen molar-refractivity contribution < 1.29 is 9.53 Å². The molecule has 1 saturated carbocycles. The Hall–Kier alpha value is -2.27. The molecule has 2 N–H and O–H groups in total. The molecule has 1 aromatic heterocycles. The van der Waals surface area contributed by atoms with Gasteiger partial charge in [0.1, 0.15) is 5.75 Å². The summed E-state index contributed by atoms with van der Waals surface area (Å²) in [6.45, 7) is 0. The zero-order valence-corrected chi connectivity index (χ0v) is 15.0. The zero-order valence-electron chi connectivity index (χ0n) is 14.2. The minimum Gasteiger partial charge on any atom is -0.495 e. The highest BCUT2D eigenvalue weighted by atomic mass is 35.5. The molecule has 1 aliphatic rings. The molecule has 0 unspecified atom stereocenters. The largest absolute Gasteiger partial charge is 0.495 e. The molecule has 132 valence electrons. The van der Waals surface area contributed by atoms with Gasteiger partial charge in [-0.3, -0.25) is 9.78 Å². The molecule has 0 bridgehead atoms. The van der Waals surface area contributed by atoms with Crippen LogP contribution in [-0.4, -0.2) is 24.0 Å². The van der Waals surface area contributed by atoms with Gasteiger partial charge in [0, 0.05) is 23.5 Å². The molecule has 1 heterocycles. The van der Waals surface area contributed by atoms with Gasteiger partial charge in [0.15, 0.2) is 0 Å². The molecule has 25 heavy (non-hydrogen) atoms. The Morgan fingerprint density at radius 2 is 2.00 bits per heavy atom. The van der Waals surface area contributed by atoms with Gasteiger partial charge in [-0.25, -0.2) is 0 Å². The molecule has 1 fully saturated rings. The molecule has 0 aliphatic heterocycles. The molecule has 3 rings (SSSR count). The maximum absolute atomic E-state index is 12.6. The number of carbonyl (C=O) groups excluding carboxylic acids is 1. The number of carbonyl (C=O) groups is 1. The average Bonchev–Trinajstić information content (AvgIpc) is 2.63. The number of benzene rings is 1. The van der Waals surface area contributed by atoms with Gasteiger partial charge < -0.3 is 15.4 Å². The van der Waals surface area contributed by atoms with Crippen LogP contribution in [0.4, 0.5) is 11.4 Å². The number of rotatable bonds is 5. The van der Waals surface area contributed by atoms with Gasteiger partial charge in [0.05, 0.1) is 24.0 Å². The summed E-state index contributed by atoms with van der Waals surface area (Å²) in [5.41, 5.74) is 1.89. The first-order chi connectivity index (χ1) is 12.2. The van der Waals surface area contributed by atoms with E-state index < -0.39 is 0 Å².